The normalized spacial score (nSPS) is 15.3. The number of nitrogens with zero attached hydrogens (tertiary/aromatic N) is 2. The average molecular weight is 214 g/mol. The van der Waals surface area contributed by atoms with Crippen LogP contribution in [0.15, 0.2) is 34.3 Å². The Bertz CT molecular complexity index is 442. The van der Waals surface area contributed by atoms with Crippen molar-refractivity contribution in [3.63, 3.8) is 0 Å². The maximum absolute atomic E-state index is 4.63. The molecule has 0 spiro atoms. The average Bonchev–Trinajstić information content (AvgIpc) is 2.51. The van der Waals surface area contributed by atoms with Gasteiger partial charge in [0, 0.05) is 11.6 Å². The lowest BCUT2D eigenvalue weighted by Crippen LogP contribution is -2.21. The summed E-state index contributed by atoms with van der Waals surface area (Å²) in [6.07, 6.45) is 3.00. The first-order valence-electron chi connectivity index (χ1n) is 5.80. The van der Waals surface area contributed by atoms with Crippen molar-refractivity contribution in [3.8, 4) is 0 Å². The van der Waals surface area contributed by atoms with Crippen LogP contribution in [0, 0.1) is 5.41 Å². The molecule has 0 saturated heterocycles. The predicted octanol–water partition coefficient (Wildman–Crippen LogP) is 3.45. The molecule has 0 amide bonds. The molecular formula is C14H18N2. The molecule has 0 saturated carbocycles. The van der Waals surface area contributed by atoms with E-state index in [0.29, 0.717) is 0 Å². The number of benzene rings is 1. The van der Waals surface area contributed by atoms with Crippen LogP contribution in [0.2, 0.25) is 0 Å². The number of amidine groups is 1. The summed E-state index contributed by atoms with van der Waals surface area (Å²) < 4.78 is 0. The van der Waals surface area contributed by atoms with E-state index in [1.807, 2.05) is 12.3 Å². The molecule has 2 nitrogen and oxygen atoms in total. The summed E-state index contributed by atoms with van der Waals surface area (Å²) in [5, 5.41) is 0. The molecule has 0 bridgehead atoms. The minimum absolute atomic E-state index is 0.0680. The van der Waals surface area contributed by atoms with Gasteiger partial charge in [-0.3, -0.25) is 4.99 Å². The Morgan fingerprint density at radius 1 is 1.25 bits per heavy atom. The highest BCUT2D eigenvalue weighted by Gasteiger charge is 2.23. The SMILES string of the molecule is CCC(C)(C)C1=NCc2ccccc2C=N1. The minimum atomic E-state index is 0.0680. The van der Waals surface area contributed by atoms with Crippen LogP contribution in [0.25, 0.3) is 0 Å². The Labute approximate surface area is 97.1 Å². The summed E-state index contributed by atoms with van der Waals surface area (Å²) in [6.45, 7) is 7.31. The molecule has 1 heterocycles. The van der Waals surface area contributed by atoms with E-state index in [2.05, 4.69) is 49.0 Å². The summed E-state index contributed by atoms with van der Waals surface area (Å²) in [5.74, 6) is 0.964. The quantitative estimate of drug-likeness (QED) is 0.720. The van der Waals surface area contributed by atoms with Gasteiger partial charge >= 0.3 is 0 Å². The van der Waals surface area contributed by atoms with Crippen LogP contribution in [0.5, 0.6) is 0 Å². The lowest BCUT2D eigenvalue weighted by atomic mass is 9.89. The van der Waals surface area contributed by atoms with Gasteiger partial charge < -0.3 is 0 Å². The molecule has 0 fully saturated rings. The molecule has 1 aliphatic heterocycles. The Morgan fingerprint density at radius 2 is 2.00 bits per heavy atom. The maximum atomic E-state index is 4.63. The molecule has 1 aromatic rings. The number of rotatable bonds is 2. The van der Waals surface area contributed by atoms with E-state index in [-0.39, 0.29) is 5.41 Å². The summed E-state index contributed by atoms with van der Waals surface area (Å²) in [5.41, 5.74) is 2.51. The first kappa shape index (κ1) is 11.1. The van der Waals surface area contributed by atoms with Crippen LogP contribution in [0.1, 0.15) is 38.3 Å². The Balaban J connectivity index is 2.35. The smallest absolute Gasteiger partial charge is 0.129 e. The van der Waals surface area contributed by atoms with E-state index >= 15 is 0 Å². The second-order valence-electron chi connectivity index (χ2n) is 4.83. The van der Waals surface area contributed by atoms with Gasteiger partial charge in [0.1, 0.15) is 5.84 Å². The number of aliphatic imine (C=N–C) groups is 2. The molecule has 84 valence electrons. The zero-order valence-electron chi connectivity index (χ0n) is 10.2. The lowest BCUT2D eigenvalue weighted by Gasteiger charge is -2.21. The molecule has 2 heteroatoms. The molecule has 16 heavy (non-hydrogen) atoms. The molecule has 0 aromatic heterocycles. The van der Waals surface area contributed by atoms with E-state index < -0.39 is 0 Å². The van der Waals surface area contributed by atoms with Gasteiger partial charge in [0.15, 0.2) is 0 Å². The monoisotopic (exact) mass is 214 g/mol. The van der Waals surface area contributed by atoms with E-state index in [1.54, 1.807) is 0 Å². The molecule has 0 N–H and O–H groups in total. The molecule has 0 atom stereocenters. The van der Waals surface area contributed by atoms with Crippen molar-refractivity contribution < 1.29 is 0 Å². The fourth-order valence-electron chi connectivity index (χ4n) is 1.68. The van der Waals surface area contributed by atoms with E-state index in [4.69, 9.17) is 0 Å². The van der Waals surface area contributed by atoms with Gasteiger partial charge in [-0.25, -0.2) is 4.99 Å². The third-order valence-electron chi connectivity index (χ3n) is 3.27. The van der Waals surface area contributed by atoms with Crippen molar-refractivity contribution in [1.29, 1.82) is 0 Å². The summed E-state index contributed by atoms with van der Waals surface area (Å²) in [7, 11) is 0. The summed E-state index contributed by atoms with van der Waals surface area (Å²) >= 11 is 0. The fourth-order valence-corrected chi connectivity index (χ4v) is 1.68. The molecule has 2 rings (SSSR count). The zero-order chi connectivity index (χ0) is 11.6. The van der Waals surface area contributed by atoms with Crippen molar-refractivity contribution in [2.24, 2.45) is 15.4 Å². The van der Waals surface area contributed by atoms with Crippen LogP contribution in [-0.4, -0.2) is 12.1 Å². The van der Waals surface area contributed by atoms with Crippen molar-refractivity contribution in [3.05, 3.63) is 35.4 Å². The van der Waals surface area contributed by atoms with Gasteiger partial charge in [-0.2, -0.15) is 0 Å². The first-order chi connectivity index (χ1) is 7.63. The van der Waals surface area contributed by atoms with Gasteiger partial charge in [-0.1, -0.05) is 45.0 Å². The highest BCUT2D eigenvalue weighted by atomic mass is 14.9. The van der Waals surface area contributed by atoms with Crippen LogP contribution in [0.3, 0.4) is 0 Å². The standard InChI is InChI=1S/C14H18N2/c1-4-14(2,3)13-15-9-11-7-5-6-8-12(11)10-16-13/h5-9H,4,10H2,1-3H3. The third kappa shape index (κ3) is 2.06. The number of fused-ring (bicyclic) bond motifs is 1. The Hall–Kier alpha value is -1.44. The summed E-state index contributed by atoms with van der Waals surface area (Å²) in [6, 6.07) is 8.31. The van der Waals surface area contributed by atoms with Gasteiger partial charge in [0.05, 0.1) is 6.54 Å². The molecular weight excluding hydrogens is 196 g/mol. The molecule has 0 aliphatic carbocycles. The third-order valence-corrected chi connectivity index (χ3v) is 3.27. The van der Waals surface area contributed by atoms with E-state index in [1.165, 1.54) is 11.1 Å². The van der Waals surface area contributed by atoms with Crippen LogP contribution in [-0.2, 0) is 6.54 Å². The van der Waals surface area contributed by atoms with Gasteiger partial charge in [-0.15, -0.1) is 0 Å². The van der Waals surface area contributed by atoms with Crippen molar-refractivity contribution in [2.45, 2.75) is 33.7 Å². The van der Waals surface area contributed by atoms with Gasteiger partial charge in [-0.05, 0) is 17.5 Å². The number of hydrogen-bond acceptors (Lipinski definition) is 2. The predicted molar refractivity (Wildman–Crippen MR) is 69.2 cm³/mol. The summed E-state index contributed by atoms with van der Waals surface area (Å²) in [4.78, 5) is 9.16. The van der Waals surface area contributed by atoms with Crippen LogP contribution < -0.4 is 0 Å². The van der Waals surface area contributed by atoms with Crippen molar-refractivity contribution in [1.82, 2.24) is 0 Å². The van der Waals surface area contributed by atoms with Crippen molar-refractivity contribution >= 4 is 12.1 Å². The number of hydrogen-bond donors (Lipinski definition) is 0. The minimum Gasteiger partial charge on any atom is -0.265 e. The molecule has 0 radical (unpaired) electrons. The highest BCUT2D eigenvalue weighted by Crippen LogP contribution is 2.25. The van der Waals surface area contributed by atoms with E-state index in [0.717, 1.165) is 18.8 Å². The van der Waals surface area contributed by atoms with Gasteiger partial charge in [0.2, 0.25) is 0 Å². The highest BCUT2D eigenvalue weighted by molar-refractivity contribution is 5.99. The van der Waals surface area contributed by atoms with Crippen LogP contribution >= 0.6 is 0 Å². The van der Waals surface area contributed by atoms with Gasteiger partial charge in [0.25, 0.3) is 0 Å². The second kappa shape index (κ2) is 4.20. The van der Waals surface area contributed by atoms with E-state index in [9.17, 15) is 0 Å². The topological polar surface area (TPSA) is 24.7 Å². The molecule has 1 aromatic carbocycles. The fraction of sp³-hybridized carbons (Fsp3) is 0.429. The van der Waals surface area contributed by atoms with Crippen LogP contribution in [0.4, 0.5) is 0 Å². The zero-order valence-corrected chi connectivity index (χ0v) is 10.2. The Morgan fingerprint density at radius 3 is 2.75 bits per heavy atom. The Kier molecular flexibility index (Phi) is 2.90. The lowest BCUT2D eigenvalue weighted by molar-refractivity contribution is 0.496. The largest absolute Gasteiger partial charge is 0.265 e. The second-order valence-corrected chi connectivity index (χ2v) is 4.83. The van der Waals surface area contributed by atoms with Crippen molar-refractivity contribution in [2.75, 3.05) is 0 Å². The maximum Gasteiger partial charge on any atom is 0.129 e. The first-order valence-corrected chi connectivity index (χ1v) is 5.80. The molecule has 1 aliphatic rings. The molecule has 0 unspecified atom stereocenters.